The zero-order chi connectivity index (χ0) is 15.0. The lowest BCUT2D eigenvalue weighted by Gasteiger charge is -2.35. The van der Waals surface area contributed by atoms with Gasteiger partial charge in [0.05, 0.1) is 0 Å². The highest BCUT2D eigenvalue weighted by Crippen LogP contribution is 2.23. The lowest BCUT2D eigenvalue weighted by atomic mass is 9.89. The van der Waals surface area contributed by atoms with Crippen molar-refractivity contribution in [3.05, 3.63) is 35.9 Å². The molecule has 20 heavy (non-hydrogen) atoms. The molecule has 2 N–H and O–H groups in total. The summed E-state index contributed by atoms with van der Waals surface area (Å²) in [5, 5.41) is 12.8. The first-order chi connectivity index (χ1) is 9.60. The van der Waals surface area contributed by atoms with Gasteiger partial charge in [0, 0.05) is 6.54 Å². The molecular formula is C16H26N2O2. The highest BCUT2D eigenvalue weighted by atomic mass is 16.4. The molecule has 1 atom stereocenters. The Morgan fingerprint density at radius 2 is 1.95 bits per heavy atom. The quantitative estimate of drug-likeness (QED) is 0.728. The summed E-state index contributed by atoms with van der Waals surface area (Å²) in [4.78, 5) is 14.1. The number of carboxylic acids is 1. The van der Waals surface area contributed by atoms with Gasteiger partial charge in [0.15, 0.2) is 5.54 Å². The van der Waals surface area contributed by atoms with Gasteiger partial charge in [-0.15, -0.1) is 0 Å². The van der Waals surface area contributed by atoms with Gasteiger partial charge in [0.1, 0.15) is 0 Å². The van der Waals surface area contributed by atoms with Gasteiger partial charge >= 0.3 is 5.97 Å². The van der Waals surface area contributed by atoms with Crippen LogP contribution in [-0.2, 0) is 10.3 Å². The first kappa shape index (κ1) is 16.7. The summed E-state index contributed by atoms with van der Waals surface area (Å²) in [6, 6.07) is 9.41. The van der Waals surface area contributed by atoms with Crippen molar-refractivity contribution >= 4 is 5.97 Å². The maximum atomic E-state index is 11.9. The molecule has 0 spiro atoms. The van der Waals surface area contributed by atoms with Gasteiger partial charge in [-0.2, -0.15) is 0 Å². The van der Waals surface area contributed by atoms with Crippen LogP contribution in [-0.4, -0.2) is 42.7 Å². The summed E-state index contributed by atoms with van der Waals surface area (Å²) in [7, 11) is 1.72. The molecule has 0 radical (unpaired) electrons. The number of likely N-dealkylation sites (N-methyl/N-ethyl adjacent to an activating group) is 2. The van der Waals surface area contributed by atoms with E-state index in [0.29, 0.717) is 6.54 Å². The number of rotatable bonds is 9. The molecule has 0 fully saturated rings. The number of benzene rings is 1. The minimum absolute atomic E-state index is 0.472. The van der Waals surface area contributed by atoms with Crippen molar-refractivity contribution in [3.63, 3.8) is 0 Å². The standard InChI is InChI=1S/C16H26N2O2/c1-4-6-12-18(5-2)13-16(17-3,15(19)20)14-10-8-7-9-11-14/h7-11,17H,4-6,12-13H2,1-3H3,(H,19,20). The molecule has 0 amide bonds. The van der Waals surface area contributed by atoms with Crippen LogP contribution < -0.4 is 5.32 Å². The molecule has 0 aliphatic carbocycles. The van der Waals surface area contributed by atoms with E-state index in [1.54, 1.807) is 7.05 Å². The third kappa shape index (κ3) is 3.81. The van der Waals surface area contributed by atoms with Crippen molar-refractivity contribution in [2.75, 3.05) is 26.7 Å². The monoisotopic (exact) mass is 278 g/mol. The van der Waals surface area contributed by atoms with Crippen LogP contribution in [0.25, 0.3) is 0 Å². The largest absolute Gasteiger partial charge is 0.480 e. The molecule has 1 unspecified atom stereocenters. The van der Waals surface area contributed by atoms with Gasteiger partial charge < -0.3 is 15.3 Å². The predicted octanol–water partition coefficient (Wildman–Crippen LogP) is 2.31. The Hall–Kier alpha value is -1.39. The molecule has 0 bridgehead atoms. The van der Waals surface area contributed by atoms with Crippen molar-refractivity contribution in [1.29, 1.82) is 0 Å². The zero-order valence-corrected chi connectivity index (χ0v) is 12.7. The van der Waals surface area contributed by atoms with Crippen molar-refractivity contribution < 1.29 is 9.90 Å². The van der Waals surface area contributed by atoms with E-state index < -0.39 is 11.5 Å². The van der Waals surface area contributed by atoms with Crippen molar-refractivity contribution in [3.8, 4) is 0 Å². The fourth-order valence-corrected chi connectivity index (χ4v) is 2.40. The highest BCUT2D eigenvalue weighted by Gasteiger charge is 2.40. The molecule has 1 aromatic rings. The summed E-state index contributed by atoms with van der Waals surface area (Å²) >= 11 is 0. The number of nitrogens with zero attached hydrogens (tertiary/aromatic N) is 1. The molecule has 0 saturated heterocycles. The molecule has 4 nitrogen and oxygen atoms in total. The maximum absolute atomic E-state index is 11.9. The number of nitrogens with one attached hydrogen (secondary N) is 1. The summed E-state index contributed by atoms with van der Waals surface area (Å²) in [6.45, 7) is 6.47. The Balaban J connectivity index is 3.03. The Morgan fingerprint density at radius 1 is 1.30 bits per heavy atom. The number of aliphatic carboxylic acids is 1. The smallest absolute Gasteiger partial charge is 0.329 e. The molecular weight excluding hydrogens is 252 g/mol. The zero-order valence-electron chi connectivity index (χ0n) is 12.7. The van der Waals surface area contributed by atoms with E-state index in [1.165, 1.54) is 0 Å². The molecule has 0 heterocycles. The second-order valence-electron chi connectivity index (χ2n) is 5.05. The minimum Gasteiger partial charge on any atom is -0.480 e. The lowest BCUT2D eigenvalue weighted by Crippen LogP contribution is -2.55. The Labute approximate surface area is 121 Å². The average molecular weight is 278 g/mol. The average Bonchev–Trinajstić information content (AvgIpc) is 2.48. The van der Waals surface area contributed by atoms with Gasteiger partial charge in [0.25, 0.3) is 0 Å². The Morgan fingerprint density at radius 3 is 2.40 bits per heavy atom. The van der Waals surface area contributed by atoms with Crippen LogP contribution in [0.1, 0.15) is 32.3 Å². The van der Waals surface area contributed by atoms with Crippen LogP contribution >= 0.6 is 0 Å². The molecule has 112 valence electrons. The molecule has 4 heteroatoms. The van der Waals surface area contributed by atoms with Crippen LogP contribution in [0.2, 0.25) is 0 Å². The van der Waals surface area contributed by atoms with E-state index in [2.05, 4.69) is 24.1 Å². The molecule has 0 aliphatic rings. The van der Waals surface area contributed by atoms with Gasteiger partial charge in [-0.1, -0.05) is 50.6 Å². The molecule has 0 aliphatic heterocycles. The molecule has 0 saturated carbocycles. The van der Waals surface area contributed by atoms with Gasteiger partial charge in [0.2, 0.25) is 0 Å². The molecule has 1 aromatic carbocycles. The van der Waals surface area contributed by atoms with Gasteiger partial charge in [-0.3, -0.25) is 0 Å². The van der Waals surface area contributed by atoms with Crippen molar-refractivity contribution in [2.45, 2.75) is 32.2 Å². The van der Waals surface area contributed by atoms with Crippen molar-refractivity contribution in [2.24, 2.45) is 0 Å². The van der Waals surface area contributed by atoms with Crippen molar-refractivity contribution in [1.82, 2.24) is 10.2 Å². The van der Waals surface area contributed by atoms with Crippen LogP contribution in [0.5, 0.6) is 0 Å². The third-order valence-corrected chi connectivity index (χ3v) is 3.79. The molecule has 1 rings (SSSR count). The second-order valence-corrected chi connectivity index (χ2v) is 5.05. The fraction of sp³-hybridized carbons (Fsp3) is 0.562. The van der Waals surface area contributed by atoms with E-state index in [-0.39, 0.29) is 0 Å². The first-order valence-electron chi connectivity index (χ1n) is 7.30. The van der Waals surface area contributed by atoms with Gasteiger partial charge in [-0.25, -0.2) is 4.79 Å². The fourth-order valence-electron chi connectivity index (χ4n) is 2.40. The summed E-state index contributed by atoms with van der Waals surface area (Å²) in [5.41, 5.74) is -0.254. The highest BCUT2D eigenvalue weighted by molar-refractivity contribution is 5.81. The lowest BCUT2D eigenvalue weighted by molar-refractivity contribution is -0.146. The van der Waals surface area contributed by atoms with E-state index in [9.17, 15) is 9.90 Å². The minimum atomic E-state index is -1.05. The summed E-state index contributed by atoms with van der Waals surface area (Å²) in [6.07, 6.45) is 2.20. The first-order valence-corrected chi connectivity index (χ1v) is 7.30. The van der Waals surface area contributed by atoms with Crippen LogP contribution in [0, 0.1) is 0 Å². The van der Waals surface area contributed by atoms with E-state index in [0.717, 1.165) is 31.5 Å². The van der Waals surface area contributed by atoms with E-state index >= 15 is 0 Å². The topological polar surface area (TPSA) is 52.6 Å². The SMILES string of the molecule is CCCCN(CC)CC(NC)(C(=O)O)c1ccccc1. The predicted molar refractivity (Wildman–Crippen MR) is 81.8 cm³/mol. The van der Waals surface area contributed by atoms with Crippen LogP contribution in [0.3, 0.4) is 0 Å². The van der Waals surface area contributed by atoms with E-state index in [1.807, 2.05) is 30.3 Å². The normalized spacial score (nSPS) is 14.2. The third-order valence-electron chi connectivity index (χ3n) is 3.79. The maximum Gasteiger partial charge on any atom is 0.329 e. The number of hydrogen-bond donors (Lipinski definition) is 2. The van der Waals surface area contributed by atoms with Gasteiger partial charge in [-0.05, 0) is 32.1 Å². The Kier molecular flexibility index (Phi) is 6.68. The number of unbranched alkanes of at least 4 members (excludes halogenated alkanes) is 1. The molecule has 0 aromatic heterocycles. The summed E-state index contributed by atoms with van der Waals surface area (Å²) in [5.74, 6) is -0.832. The Bertz CT molecular complexity index is 408. The summed E-state index contributed by atoms with van der Waals surface area (Å²) < 4.78 is 0. The van der Waals surface area contributed by atoms with Crippen LogP contribution in [0.15, 0.2) is 30.3 Å². The number of carbonyl (C=O) groups is 1. The second kappa shape index (κ2) is 8.02. The van der Waals surface area contributed by atoms with Crippen LogP contribution in [0.4, 0.5) is 0 Å². The number of hydrogen-bond acceptors (Lipinski definition) is 3. The number of carboxylic acid groups (broad SMARTS) is 1. The van der Waals surface area contributed by atoms with E-state index in [4.69, 9.17) is 0 Å².